The number of carbonyl (C=O) groups excluding carboxylic acids is 1. The Labute approximate surface area is 132 Å². The minimum absolute atomic E-state index is 0.748. The number of allylic oxidation sites excluding steroid dienone is 4. The molecule has 0 heterocycles. The summed E-state index contributed by atoms with van der Waals surface area (Å²) in [4.78, 5) is 10.2. The van der Waals surface area contributed by atoms with Crippen molar-refractivity contribution in [2.45, 2.75) is 96.8 Å². The van der Waals surface area contributed by atoms with Crippen molar-refractivity contribution in [1.29, 1.82) is 0 Å². The average Bonchev–Trinajstić information content (AvgIpc) is 2.50. The standard InChI is InChI=1S/C20H36O/c1-2-3-4-5-6-7-8-9-10-11-12-13-14-15-16-17-18-19-20-21/h6-7,9-10,20H,2-5,8,11-19H2,1H3/b7-6?,10-9-. The first-order chi connectivity index (χ1) is 10.4. The quantitative estimate of drug-likeness (QED) is 0.174. The number of rotatable bonds is 16. The van der Waals surface area contributed by atoms with Gasteiger partial charge >= 0.3 is 0 Å². The van der Waals surface area contributed by atoms with Crippen LogP contribution in [-0.4, -0.2) is 6.29 Å². The van der Waals surface area contributed by atoms with E-state index in [9.17, 15) is 4.79 Å². The molecule has 0 atom stereocenters. The highest BCUT2D eigenvalue weighted by Crippen LogP contribution is 2.09. The van der Waals surface area contributed by atoms with Gasteiger partial charge in [-0.1, -0.05) is 76.2 Å². The van der Waals surface area contributed by atoms with E-state index in [0.29, 0.717) is 0 Å². The molecule has 0 aromatic heterocycles. The van der Waals surface area contributed by atoms with Gasteiger partial charge in [0.15, 0.2) is 0 Å². The van der Waals surface area contributed by atoms with Gasteiger partial charge in [-0.05, 0) is 38.5 Å². The topological polar surface area (TPSA) is 17.1 Å². The highest BCUT2D eigenvalue weighted by atomic mass is 16.1. The molecule has 0 radical (unpaired) electrons. The Kier molecular flexibility index (Phi) is 18.4. The first-order valence-electron chi connectivity index (χ1n) is 9.15. The van der Waals surface area contributed by atoms with E-state index in [1.54, 1.807) is 0 Å². The zero-order valence-corrected chi connectivity index (χ0v) is 14.2. The van der Waals surface area contributed by atoms with Crippen LogP contribution in [0, 0.1) is 0 Å². The van der Waals surface area contributed by atoms with Gasteiger partial charge in [0.05, 0.1) is 0 Å². The van der Waals surface area contributed by atoms with E-state index >= 15 is 0 Å². The van der Waals surface area contributed by atoms with Gasteiger partial charge in [-0.3, -0.25) is 0 Å². The summed E-state index contributed by atoms with van der Waals surface area (Å²) in [7, 11) is 0. The average molecular weight is 293 g/mol. The normalized spacial score (nSPS) is 11.7. The summed E-state index contributed by atoms with van der Waals surface area (Å²) in [5, 5.41) is 0. The minimum Gasteiger partial charge on any atom is -0.303 e. The number of carbonyl (C=O) groups is 1. The van der Waals surface area contributed by atoms with E-state index in [4.69, 9.17) is 0 Å². The molecule has 1 heteroatoms. The Morgan fingerprint density at radius 2 is 1.05 bits per heavy atom. The van der Waals surface area contributed by atoms with Crippen molar-refractivity contribution in [3.8, 4) is 0 Å². The summed E-state index contributed by atoms with van der Waals surface area (Å²) in [5.74, 6) is 0. The molecule has 1 nitrogen and oxygen atoms in total. The Morgan fingerprint density at radius 3 is 1.57 bits per heavy atom. The van der Waals surface area contributed by atoms with Crippen LogP contribution in [0.15, 0.2) is 24.3 Å². The van der Waals surface area contributed by atoms with Crippen LogP contribution >= 0.6 is 0 Å². The number of aldehydes is 1. The van der Waals surface area contributed by atoms with Gasteiger partial charge in [-0.2, -0.15) is 0 Å². The Balaban J connectivity index is 3.13. The van der Waals surface area contributed by atoms with E-state index in [1.165, 1.54) is 70.6 Å². The molecule has 0 spiro atoms. The lowest BCUT2D eigenvalue weighted by atomic mass is 10.1. The summed E-state index contributed by atoms with van der Waals surface area (Å²) < 4.78 is 0. The van der Waals surface area contributed by atoms with Crippen LogP contribution in [-0.2, 0) is 4.79 Å². The lowest BCUT2D eigenvalue weighted by Crippen LogP contribution is -1.81. The second kappa shape index (κ2) is 19.1. The third-order valence-electron chi connectivity index (χ3n) is 3.77. The van der Waals surface area contributed by atoms with Crippen molar-refractivity contribution in [2.24, 2.45) is 0 Å². The first-order valence-corrected chi connectivity index (χ1v) is 9.15. The zero-order chi connectivity index (χ0) is 15.4. The maximum atomic E-state index is 10.2. The highest BCUT2D eigenvalue weighted by Gasteiger charge is 1.91. The molecule has 0 saturated carbocycles. The second-order valence-electron chi connectivity index (χ2n) is 5.89. The Morgan fingerprint density at radius 1 is 0.571 bits per heavy atom. The SMILES string of the molecule is CCCCCC=CC/C=C\CCCCCCCCCC=O. The summed E-state index contributed by atoms with van der Waals surface area (Å²) in [5.41, 5.74) is 0. The van der Waals surface area contributed by atoms with Crippen molar-refractivity contribution in [2.75, 3.05) is 0 Å². The van der Waals surface area contributed by atoms with E-state index < -0.39 is 0 Å². The first kappa shape index (κ1) is 20.1. The third kappa shape index (κ3) is 19.1. The molecule has 0 aliphatic rings. The maximum absolute atomic E-state index is 10.2. The van der Waals surface area contributed by atoms with Crippen LogP contribution in [0.2, 0.25) is 0 Å². The lowest BCUT2D eigenvalue weighted by molar-refractivity contribution is -0.107. The summed E-state index contributed by atoms with van der Waals surface area (Å²) >= 11 is 0. The number of hydrogen-bond acceptors (Lipinski definition) is 1. The molecule has 0 amide bonds. The molecule has 0 aromatic carbocycles. The van der Waals surface area contributed by atoms with Crippen LogP contribution in [0.25, 0.3) is 0 Å². The number of unbranched alkanes of at least 4 members (excludes halogenated alkanes) is 11. The van der Waals surface area contributed by atoms with E-state index in [2.05, 4.69) is 31.2 Å². The van der Waals surface area contributed by atoms with Crippen LogP contribution in [0.5, 0.6) is 0 Å². The third-order valence-corrected chi connectivity index (χ3v) is 3.77. The molecule has 0 bridgehead atoms. The van der Waals surface area contributed by atoms with Crippen LogP contribution in [0.4, 0.5) is 0 Å². The van der Waals surface area contributed by atoms with E-state index in [0.717, 1.165) is 25.5 Å². The molecule has 0 aliphatic carbocycles. The predicted molar refractivity (Wildman–Crippen MR) is 94.7 cm³/mol. The van der Waals surface area contributed by atoms with Crippen LogP contribution < -0.4 is 0 Å². The monoisotopic (exact) mass is 292 g/mol. The highest BCUT2D eigenvalue weighted by molar-refractivity contribution is 5.48. The molecule has 0 N–H and O–H groups in total. The van der Waals surface area contributed by atoms with Gasteiger partial charge in [-0.25, -0.2) is 0 Å². The van der Waals surface area contributed by atoms with Crippen molar-refractivity contribution >= 4 is 6.29 Å². The molecule has 0 fully saturated rings. The zero-order valence-electron chi connectivity index (χ0n) is 14.2. The predicted octanol–water partition coefficient (Wildman–Crippen LogP) is 6.78. The fourth-order valence-electron chi connectivity index (χ4n) is 2.39. The van der Waals surface area contributed by atoms with Gasteiger partial charge in [0.2, 0.25) is 0 Å². The van der Waals surface area contributed by atoms with Crippen molar-refractivity contribution in [3.63, 3.8) is 0 Å². The molecule has 0 rings (SSSR count). The van der Waals surface area contributed by atoms with Gasteiger partial charge < -0.3 is 4.79 Å². The van der Waals surface area contributed by atoms with E-state index in [1.807, 2.05) is 0 Å². The van der Waals surface area contributed by atoms with Crippen molar-refractivity contribution < 1.29 is 4.79 Å². The van der Waals surface area contributed by atoms with Crippen molar-refractivity contribution in [3.05, 3.63) is 24.3 Å². The summed E-state index contributed by atoms with van der Waals surface area (Å²) in [6.45, 7) is 2.25. The lowest BCUT2D eigenvalue weighted by Gasteiger charge is -1.99. The molecule has 0 unspecified atom stereocenters. The Hall–Kier alpha value is -0.850. The molecular formula is C20H36O. The molecule has 21 heavy (non-hydrogen) atoms. The molecule has 0 aliphatic heterocycles. The minimum atomic E-state index is 0.748. The summed E-state index contributed by atoms with van der Waals surface area (Å²) in [6.07, 6.45) is 27.6. The fourth-order valence-corrected chi connectivity index (χ4v) is 2.39. The van der Waals surface area contributed by atoms with Crippen molar-refractivity contribution in [1.82, 2.24) is 0 Å². The maximum Gasteiger partial charge on any atom is 0.119 e. The van der Waals surface area contributed by atoms with Gasteiger partial charge in [0.1, 0.15) is 6.29 Å². The molecule has 0 aromatic rings. The van der Waals surface area contributed by atoms with Gasteiger partial charge in [0.25, 0.3) is 0 Å². The van der Waals surface area contributed by atoms with Crippen LogP contribution in [0.3, 0.4) is 0 Å². The van der Waals surface area contributed by atoms with E-state index in [-0.39, 0.29) is 0 Å². The molecule has 0 saturated heterocycles. The van der Waals surface area contributed by atoms with Gasteiger partial charge in [-0.15, -0.1) is 0 Å². The van der Waals surface area contributed by atoms with Gasteiger partial charge in [0, 0.05) is 6.42 Å². The Bertz CT molecular complexity index is 253. The summed E-state index contributed by atoms with van der Waals surface area (Å²) in [6, 6.07) is 0. The second-order valence-corrected chi connectivity index (χ2v) is 5.89. The smallest absolute Gasteiger partial charge is 0.119 e. The number of hydrogen-bond donors (Lipinski definition) is 0. The fraction of sp³-hybridized carbons (Fsp3) is 0.750. The van der Waals surface area contributed by atoms with Crippen LogP contribution in [0.1, 0.15) is 96.8 Å². The molecule has 122 valence electrons. The molecular weight excluding hydrogens is 256 g/mol. The largest absolute Gasteiger partial charge is 0.303 e.